The maximum atomic E-state index is 13.0. The van der Waals surface area contributed by atoms with Gasteiger partial charge in [-0.15, -0.1) is 0 Å². The number of carbonyl (C=O) groups excluding carboxylic acids is 2. The number of nitrogens with one attached hydrogen (secondary N) is 2. The van der Waals surface area contributed by atoms with E-state index >= 15 is 0 Å². The van der Waals surface area contributed by atoms with E-state index in [0.29, 0.717) is 38.2 Å². The van der Waals surface area contributed by atoms with E-state index in [4.69, 9.17) is 0 Å². The largest absolute Gasteiger partial charge is 0.338 e. The molecule has 0 spiro atoms. The normalized spacial score (nSPS) is 22.3. The molecule has 2 aliphatic heterocycles. The quantitative estimate of drug-likeness (QED) is 0.831. The lowest BCUT2D eigenvalue weighted by molar-refractivity contribution is -0.134. The summed E-state index contributed by atoms with van der Waals surface area (Å²) < 4.78 is 13.0. The van der Waals surface area contributed by atoms with Crippen LogP contribution in [0.5, 0.6) is 0 Å². The predicted octanol–water partition coefficient (Wildman–Crippen LogP) is 1.11. The zero-order valence-corrected chi connectivity index (χ0v) is 15.3. The van der Waals surface area contributed by atoms with E-state index < -0.39 is 0 Å². The summed E-state index contributed by atoms with van der Waals surface area (Å²) in [6.07, 6.45) is 2.37. The molecule has 0 bridgehead atoms. The van der Waals surface area contributed by atoms with Gasteiger partial charge in [-0.2, -0.15) is 0 Å². The molecule has 1 aromatic carbocycles. The number of rotatable bonds is 3. The molecule has 146 valence electrons. The minimum absolute atomic E-state index is 0.00325. The highest BCUT2D eigenvalue weighted by molar-refractivity contribution is 5.94. The molecule has 0 aliphatic carbocycles. The van der Waals surface area contributed by atoms with Crippen LogP contribution in [0.4, 0.5) is 4.39 Å². The summed E-state index contributed by atoms with van der Waals surface area (Å²) in [5.41, 5.74) is 7.57. The third kappa shape index (κ3) is 3.88. The molecule has 2 amide bonds. The molecule has 2 aliphatic rings. The minimum Gasteiger partial charge on any atom is -0.338 e. The molecule has 3 heterocycles. The Bertz CT molecular complexity index is 837. The zero-order valence-electron chi connectivity index (χ0n) is 15.3. The van der Waals surface area contributed by atoms with Crippen molar-refractivity contribution in [2.75, 3.05) is 26.2 Å². The van der Waals surface area contributed by atoms with Crippen LogP contribution in [0, 0.1) is 5.82 Å². The highest BCUT2D eigenvalue weighted by Crippen LogP contribution is 2.21. The number of nitrogens with zero attached hydrogens (tertiary/aromatic N) is 3. The van der Waals surface area contributed by atoms with Crippen molar-refractivity contribution in [3.05, 3.63) is 65.7 Å². The Balaban J connectivity index is 1.31. The summed E-state index contributed by atoms with van der Waals surface area (Å²) in [5.74, 6) is -0.476. The number of benzene rings is 1. The van der Waals surface area contributed by atoms with Gasteiger partial charge in [0.25, 0.3) is 5.91 Å². The molecule has 2 unspecified atom stereocenters. The van der Waals surface area contributed by atoms with E-state index in [9.17, 15) is 14.0 Å². The number of hydrogen-bond acceptors (Lipinski definition) is 5. The van der Waals surface area contributed by atoms with Crippen LogP contribution in [-0.4, -0.2) is 58.8 Å². The smallest absolute Gasteiger partial charge is 0.253 e. The maximum absolute atomic E-state index is 13.0. The van der Waals surface area contributed by atoms with Crippen LogP contribution >= 0.6 is 0 Å². The van der Waals surface area contributed by atoms with Gasteiger partial charge in [-0.3, -0.25) is 14.6 Å². The van der Waals surface area contributed by atoms with Crippen LogP contribution in [0.3, 0.4) is 0 Å². The van der Waals surface area contributed by atoms with Gasteiger partial charge in [-0.25, -0.2) is 15.2 Å². The lowest BCUT2D eigenvalue weighted by atomic mass is 10.1. The highest BCUT2D eigenvalue weighted by Gasteiger charge is 2.35. The number of hydrogen-bond donors (Lipinski definition) is 2. The molecule has 2 atom stereocenters. The van der Waals surface area contributed by atoms with Crippen molar-refractivity contribution in [1.82, 2.24) is 25.6 Å². The van der Waals surface area contributed by atoms with Gasteiger partial charge in [0.05, 0.1) is 11.7 Å². The summed E-state index contributed by atoms with van der Waals surface area (Å²) in [6, 6.07) is 10.9. The fraction of sp³-hybridized carbons (Fsp3) is 0.350. The Morgan fingerprint density at radius 1 is 0.964 bits per heavy atom. The monoisotopic (exact) mass is 383 g/mol. The van der Waals surface area contributed by atoms with Gasteiger partial charge < -0.3 is 9.80 Å². The molecular formula is C20H22FN5O2. The van der Waals surface area contributed by atoms with Crippen LogP contribution in [0.25, 0.3) is 0 Å². The SMILES string of the molecule is O=C(c1ccc(F)cc1)N1CCN(C(=O)C2CC(c3ccccn3)NN2)CC1. The van der Waals surface area contributed by atoms with Crippen LogP contribution in [-0.2, 0) is 4.79 Å². The van der Waals surface area contributed by atoms with Crippen molar-refractivity contribution >= 4 is 11.8 Å². The summed E-state index contributed by atoms with van der Waals surface area (Å²) >= 11 is 0. The Morgan fingerprint density at radius 2 is 1.68 bits per heavy atom. The molecule has 0 radical (unpaired) electrons. The van der Waals surface area contributed by atoms with Gasteiger partial charge in [-0.05, 0) is 42.8 Å². The third-order valence-electron chi connectivity index (χ3n) is 5.22. The lowest BCUT2D eigenvalue weighted by Gasteiger charge is -2.35. The average Bonchev–Trinajstić information content (AvgIpc) is 3.24. The van der Waals surface area contributed by atoms with Crippen molar-refractivity contribution < 1.29 is 14.0 Å². The fourth-order valence-electron chi connectivity index (χ4n) is 3.62. The van der Waals surface area contributed by atoms with E-state index in [1.807, 2.05) is 18.2 Å². The Hall–Kier alpha value is -2.84. The standard InChI is InChI=1S/C20H22FN5O2/c21-15-6-4-14(5-7-15)19(27)25-9-11-26(12-10-25)20(28)18-13-17(23-24-18)16-3-1-2-8-22-16/h1-8,17-18,23-24H,9-13H2. The zero-order chi connectivity index (χ0) is 19.5. The molecule has 8 heteroatoms. The summed E-state index contributed by atoms with van der Waals surface area (Å²) in [6.45, 7) is 1.90. The molecule has 7 nitrogen and oxygen atoms in total. The lowest BCUT2D eigenvalue weighted by Crippen LogP contribution is -2.54. The second-order valence-corrected chi connectivity index (χ2v) is 7.01. The van der Waals surface area contributed by atoms with E-state index in [-0.39, 0.29) is 29.7 Å². The Labute approximate surface area is 162 Å². The van der Waals surface area contributed by atoms with Gasteiger partial charge in [0.15, 0.2) is 0 Å². The molecule has 0 saturated carbocycles. The number of piperazine rings is 1. The molecular weight excluding hydrogens is 361 g/mol. The van der Waals surface area contributed by atoms with Gasteiger partial charge in [0.1, 0.15) is 11.9 Å². The van der Waals surface area contributed by atoms with Crippen molar-refractivity contribution in [3.8, 4) is 0 Å². The first kappa shape index (κ1) is 18.5. The Morgan fingerprint density at radius 3 is 2.36 bits per heavy atom. The molecule has 2 fully saturated rings. The topological polar surface area (TPSA) is 77.6 Å². The van der Waals surface area contributed by atoms with Gasteiger partial charge >= 0.3 is 0 Å². The molecule has 2 aromatic rings. The highest BCUT2D eigenvalue weighted by atomic mass is 19.1. The van der Waals surface area contributed by atoms with E-state index in [2.05, 4.69) is 15.8 Å². The number of carbonyl (C=O) groups is 2. The van der Waals surface area contributed by atoms with Crippen LogP contribution in [0.1, 0.15) is 28.5 Å². The number of hydrazine groups is 1. The van der Waals surface area contributed by atoms with Crippen LogP contribution < -0.4 is 10.9 Å². The first-order chi connectivity index (χ1) is 13.6. The van der Waals surface area contributed by atoms with Crippen molar-refractivity contribution in [1.29, 1.82) is 0 Å². The first-order valence-corrected chi connectivity index (χ1v) is 9.37. The van der Waals surface area contributed by atoms with Crippen LogP contribution in [0.15, 0.2) is 48.7 Å². The number of halogens is 1. The molecule has 28 heavy (non-hydrogen) atoms. The number of pyridine rings is 1. The summed E-state index contributed by atoms with van der Waals surface area (Å²) in [4.78, 5) is 33.2. The number of amides is 2. The van der Waals surface area contributed by atoms with Crippen molar-refractivity contribution in [2.24, 2.45) is 0 Å². The third-order valence-corrected chi connectivity index (χ3v) is 5.22. The van der Waals surface area contributed by atoms with E-state index in [1.165, 1.54) is 24.3 Å². The fourth-order valence-corrected chi connectivity index (χ4v) is 3.62. The van der Waals surface area contributed by atoms with E-state index in [1.54, 1.807) is 16.0 Å². The minimum atomic E-state index is -0.367. The summed E-state index contributed by atoms with van der Waals surface area (Å²) in [5, 5.41) is 0. The second-order valence-electron chi connectivity index (χ2n) is 7.01. The average molecular weight is 383 g/mol. The molecule has 4 rings (SSSR count). The van der Waals surface area contributed by atoms with Crippen molar-refractivity contribution in [3.63, 3.8) is 0 Å². The number of aromatic nitrogens is 1. The van der Waals surface area contributed by atoms with Gasteiger partial charge in [0.2, 0.25) is 5.91 Å². The Kier molecular flexibility index (Phi) is 5.31. The molecule has 1 aromatic heterocycles. The van der Waals surface area contributed by atoms with Gasteiger partial charge in [0, 0.05) is 37.9 Å². The first-order valence-electron chi connectivity index (χ1n) is 9.37. The van der Waals surface area contributed by atoms with Crippen LogP contribution in [0.2, 0.25) is 0 Å². The van der Waals surface area contributed by atoms with Crippen molar-refractivity contribution in [2.45, 2.75) is 18.5 Å². The molecule has 2 N–H and O–H groups in total. The summed E-state index contributed by atoms with van der Waals surface area (Å²) in [7, 11) is 0. The second kappa shape index (κ2) is 8.04. The maximum Gasteiger partial charge on any atom is 0.253 e. The molecule has 2 saturated heterocycles. The predicted molar refractivity (Wildman–Crippen MR) is 101 cm³/mol. The van der Waals surface area contributed by atoms with E-state index in [0.717, 1.165) is 5.69 Å². The van der Waals surface area contributed by atoms with Gasteiger partial charge in [-0.1, -0.05) is 6.07 Å².